The number of thioether (sulfide) groups is 1. The van der Waals surface area contributed by atoms with Gasteiger partial charge in [0.25, 0.3) is 0 Å². The molecule has 2 amide bonds. The summed E-state index contributed by atoms with van der Waals surface area (Å²) in [5.41, 5.74) is 0. The first-order chi connectivity index (χ1) is 12.3. The number of hydrogen-bond donors (Lipinski definition) is 2. The second-order valence-electron chi connectivity index (χ2n) is 6.08. The summed E-state index contributed by atoms with van der Waals surface area (Å²) < 4.78 is 11.3. The zero-order valence-corrected chi connectivity index (χ0v) is 15.2. The van der Waals surface area contributed by atoms with Gasteiger partial charge in [0.1, 0.15) is 6.33 Å². The number of carbonyl (C=O) groups is 1. The molecule has 2 aliphatic heterocycles. The summed E-state index contributed by atoms with van der Waals surface area (Å²) in [4.78, 5) is 20.7. The Balaban J connectivity index is 1.39. The minimum Gasteiger partial charge on any atom is -0.379 e. The Morgan fingerprint density at radius 2 is 2.24 bits per heavy atom. The van der Waals surface area contributed by atoms with E-state index in [1.54, 1.807) is 0 Å². The summed E-state index contributed by atoms with van der Waals surface area (Å²) in [5.74, 6) is 0.752. The molecule has 9 nitrogen and oxygen atoms in total. The smallest absolute Gasteiger partial charge is 0.317 e. The molecule has 2 fully saturated rings. The van der Waals surface area contributed by atoms with E-state index in [2.05, 4.69) is 25.4 Å². The van der Waals surface area contributed by atoms with Gasteiger partial charge in [-0.05, 0) is 6.42 Å². The molecule has 0 saturated carbocycles. The molecule has 0 bridgehead atoms. The zero-order valence-electron chi connectivity index (χ0n) is 14.4. The Bertz CT molecular complexity index is 511. The van der Waals surface area contributed by atoms with Crippen LogP contribution >= 0.6 is 11.8 Å². The Morgan fingerprint density at radius 1 is 1.36 bits per heavy atom. The normalized spacial score (nSPS) is 22.6. The van der Waals surface area contributed by atoms with Gasteiger partial charge in [-0.15, -0.1) is 0 Å². The van der Waals surface area contributed by atoms with Gasteiger partial charge in [0, 0.05) is 51.6 Å². The predicted molar refractivity (Wildman–Crippen MR) is 93.7 cm³/mol. The summed E-state index contributed by atoms with van der Waals surface area (Å²) in [6.07, 6.45) is 2.42. The fraction of sp³-hybridized carbons (Fsp3) is 0.800. The van der Waals surface area contributed by atoms with Crippen molar-refractivity contribution >= 4 is 17.8 Å². The van der Waals surface area contributed by atoms with Crippen molar-refractivity contribution in [2.75, 3.05) is 64.8 Å². The maximum absolute atomic E-state index is 12.4. The highest BCUT2D eigenvalue weighted by Gasteiger charge is 2.24. The number of nitrogens with one attached hydrogen (secondary N) is 2. The standard InChI is InChI=1S/C15H26N6O3S/c22-15(16-2-9-25-14-17-12-18-19-14)21-3-1-6-24-13(11-21)10-20-4-7-23-8-5-20/h12-13H,1-11H2,(H,16,22)(H,17,18,19)/t13-/m0/s1. The van der Waals surface area contributed by atoms with Crippen molar-refractivity contribution in [3.05, 3.63) is 6.33 Å². The number of H-pyrrole nitrogens is 1. The summed E-state index contributed by atoms with van der Waals surface area (Å²) in [6.45, 7) is 6.96. The molecule has 0 radical (unpaired) electrons. The number of amides is 2. The quantitative estimate of drug-likeness (QED) is 0.539. The van der Waals surface area contributed by atoms with Gasteiger partial charge < -0.3 is 19.7 Å². The molecule has 0 unspecified atom stereocenters. The van der Waals surface area contributed by atoms with Crippen LogP contribution in [0.15, 0.2) is 11.5 Å². The molecule has 3 rings (SSSR count). The van der Waals surface area contributed by atoms with Crippen molar-refractivity contribution in [2.45, 2.75) is 17.7 Å². The van der Waals surface area contributed by atoms with Crippen LogP contribution in [-0.2, 0) is 9.47 Å². The topological polar surface area (TPSA) is 95.6 Å². The number of rotatable bonds is 6. The number of morpholine rings is 1. The van der Waals surface area contributed by atoms with Crippen LogP contribution in [0.1, 0.15) is 6.42 Å². The van der Waals surface area contributed by atoms with Gasteiger partial charge in [-0.25, -0.2) is 9.78 Å². The molecule has 1 aromatic rings. The molecule has 10 heteroatoms. The fourth-order valence-corrected chi connectivity index (χ4v) is 3.58. The molecular formula is C15H26N6O3S. The fourth-order valence-electron chi connectivity index (χ4n) is 2.94. The van der Waals surface area contributed by atoms with Crippen molar-refractivity contribution in [1.29, 1.82) is 0 Å². The average molecular weight is 370 g/mol. The van der Waals surface area contributed by atoms with Gasteiger partial charge in [-0.3, -0.25) is 10.00 Å². The molecule has 2 N–H and O–H groups in total. The first-order valence-corrected chi connectivity index (χ1v) is 9.72. The molecule has 0 spiro atoms. The van der Waals surface area contributed by atoms with Crippen molar-refractivity contribution in [3.63, 3.8) is 0 Å². The van der Waals surface area contributed by atoms with E-state index in [1.165, 1.54) is 18.1 Å². The Morgan fingerprint density at radius 3 is 3.04 bits per heavy atom. The molecule has 3 heterocycles. The molecule has 140 valence electrons. The van der Waals surface area contributed by atoms with Crippen LogP contribution < -0.4 is 5.32 Å². The molecule has 2 aliphatic rings. The molecule has 2 saturated heterocycles. The molecule has 25 heavy (non-hydrogen) atoms. The van der Waals surface area contributed by atoms with Crippen molar-refractivity contribution in [2.24, 2.45) is 0 Å². The number of hydrogen-bond acceptors (Lipinski definition) is 7. The lowest BCUT2D eigenvalue weighted by Gasteiger charge is -2.31. The lowest BCUT2D eigenvalue weighted by Crippen LogP contribution is -2.48. The second kappa shape index (κ2) is 9.95. The third-order valence-electron chi connectivity index (χ3n) is 4.21. The minimum atomic E-state index is -0.0179. The largest absolute Gasteiger partial charge is 0.379 e. The summed E-state index contributed by atoms with van der Waals surface area (Å²) in [6, 6.07) is -0.0179. The molecule has 0 aromatic carbocycles. The number of urea groups is 1. The highest BCUT2D eigenvalue weighted by molar-refractivity contribution is 7.99. The minimum absolute atomic E-state index is 0.0179. The number of aromatic nitrogens is 3. The maximum Gasteiger partial charge on any atom is 0.317 e. The van der Waals surface area contributed by atoms with Crippen LogP contribution in [0.4, 0.5) is 4.79 Å². The van der Waals surface area contributed by atoms with E-state index in [0.29, 0.717) is 19.7 Å². The van der Waals surface area contributed by atoms with Crippen LogP contribution in [0.5, 0.6) is 0 Å². The van der Waals surface area contributed by atoms with E-state index in [1.807, 2.05) is 4.90 Å². The SMILES string of the molecule is O=C(NCCSc1ncn[nH]1)N1CCCO[C@@H](CN2CCOCC2)C1. The number of nitrogens with zero attached hydrogens (tertiary/aromatic N) is 4. The first-order valence-electron chi connectivity index (χ1n) is 8.74. The number of aromatic amines is 1. The van der Waals surface area contributed by atoms with E-state index in [0.717, 1.165) is 56.7 Å². The van der Waals surface area contributed by atoms with Gasteiger partial charge in [-0.2, -0.15) is 5.10 Å². The van der Waals surface area contributed by atoms with Crippen molar-refractivity contribution in [3.8, 4) is 0 Å². The van der Waals surface area contributed by atoms with Gasteiger partial charge >= 0.3 is 6.03 Å². The third-order valence-corrected chi connectivity index (χ3v) is 5.09. The highest BCUT2D eigenvalue weighted by atomic mass is 32.2. The van der Waals surface area contributed by atoms with Crippen molar-refractivity contribution < 1.29 is 14.3 Å². The Kier molecular flexibility index (Phi) is 7.34. The lowest BCUT2D eigenvalue weighted by molar-refractivity contribution is -0.0101. The van der Waals surface area contributed by atoms with E-state index in [-0.39, 0.29) is 12.1 Å². The summed E-state index contributed by atoms with van der Waals surface area (Å²) >= 11 is 1.54. The van der Waals surface area contributed by atoms with Crippen LogP contribution in [0.3, 0.4) is 0 Å². The zero-order chi connectivity index (χ0) is 17.3. The Hall–Kier alpha value is -1.36. The van der Waals surface area contributed by atoms with Gasteiger partial charge in [0.15, 0.2) is 5.16 Å². The second-order valence-corrected chi connectivity index (χ2v) is 7.16. The van der Waals surface area contributed by atoms with Crippen molar-refractivity contribution in [1.82, 2.24) is 30.3 Å². The molecular weight excluding hydrogens is 344 g/mol. The van der Waals surface area contributed by atoms with Gasteiger partial charge in [0.05, 0.1) is 19.3 Å². The number of carbonyl (C=O) groups excluding carboxylic acids is 1. The van der Waals surface area contributed by atoms with E-state index < -0.39 is 0 Å². The Labute approximate surface area is 151 Å². The monoisotopic (exact) mass is 370 g/mol. The van der Waals surface area contributed by atoms with Gasteiger partial charge in [0.2, 0.25) is 0 Å². The summed E-state index contributed by atoms with van der Waals surface area (Å²) in [5, 5.41) is 10.3. The van der Waals surface area contributed by atoms with Crippen LogP contribution in [-0.4, -0.2) is 102 Å². The van der Waals surface area contributed by atoms with Crippen LogP contribution in [0.2, 0.25) is 0 Å². The molecule has 1 aromatic heterocycles. The number of ether oxygens (including phenoxy) is 2. The predicted octanol–water partition coefficient (Wildman–Crippen LogP) is 0.0295. The lowest BCUT2D eigenvalue weighted by atomic mass is 10.3. The third kappa shape index (κ3) is 6.14. The first kappa shape index (κ1) is 18.4. The summed E-state index contributed by atoms with van der Waals surface area (Å²) in [7, 11) is 0. The van der Waals surface area contributed by atoms with E-state index in [4.69, 9.17) is 9.47 Å². The van der Waals surface area contributed by atoms with E-state index in [9.17, 15) is 4.79 Å². The van der Waals surface area contributed by atoms with E-state index >= 15 is 0 Å². The van der Waals surface area contributed by atoms with Crippen LogP contribution in [0, 0.1) is 0 Å². The molecule has 1 atom stereocenters. The maximum atomic E-state index is 12.4. The molecule has 0 aliphatic carbocycles. The van der Waals surface area contributed by atoms with Gasteiger partial charge in [-0.1, -0.05) is 11.8 Å². The average Bonchev–Trinajstić information content (AvgIpc) is 3.04. The highest BCUT2D eigenvalue weighted by Crippen LogP contribution is 2.11. The van der Waals surface area contributed by atoms with Crippen LogP contribution in [0.25, 0.3) is 0 Å².